The number of carbonyl (C=O) groups excluding carboxylic acids is 3. The van der Waals surface area contributed by atoms with Gasteiger partial charge in [-0.25, -0.2) is 9.59 Å². The van der Waals surface area contributed by atoms with Crippen LogP contribution in [0.15, 0.2) is 18.2 Å². The predicted octanol–water partition coefficient (Wildman–Crippen LogP) is 2.39. The molecule has 0 heterocycles. The van der Waals surface area contributed by atoms with Crippen molar-refractivity contribution in [1.29, 1.82) is 0 Å². The number of hydrogen-bond acceptors (Lipinski definition) is 5. The van der Waals surface area contributed by atoms with Gasteiger partial charge in [-0.15, -0.1) is 0 Å². The van der Waals surface area contributed by atoms with Crippen molar-refractivity contribution in [2.24, 2.45) is 5.92 Å². The number of carbonyl (C=O) groups is 3. The minimum Gasteiger partial charge on any atom is -0.465 e. The highest BCUT2D eigenvalue weighted by Crippen LogP contribution is 2.27. The standard InChI is InChI=1S/C16H19NO5/c1-21-15(19)11-7-8-12(16(20)22-2)13(9-11)17-14(18)10-5-3-4-6-10/h7-10H,3-6H2,1-2H3,(H,17,18). The number of methoxy groups -OCH3 is 2. The Morgan fingerprint density at radius 1 is 1.05 bits per heavy atom. The highest BCUT2D eigenvalue weighted by molar-refractivity contribution is 6.04. The van der Waals surface area contributed by atoms with Crippen molar-refractivity contribution in [3.63, 3.8) is 0 Å². The molecule has 118 valence electrons. The van der Waals surface area contributed by atoms with Crippen molar-refractivity contribution in [3.05, 3.63) is 29.3 Å². The zero-order chi connectivity index (χ0) is 16.1. The van der Waals surface area contributed by atoms with E-state index in [1.807, 2.05) is 0 Å². The van der Waals surface area contributed by atoms with Crippen LogP contribution >= 0.6 is 0 Å². The van der Waals surface area contributed by atoms with Crippen molar-refractivity contribution < 1.29 is 23.9 Å². The average molecular weight is 305 g/mol. The van der Waals surface area contributed by atoms with E-state index in [0.29, 0.717) is 0 Å². The van der Waals surface area contributed by atoms with E-state index in [-0.39, 0.29) is 28.6 Å². The fourth-order valence-electron chi connectivity index (χ4n) is 2.60. The topological polar surface area (TPSA) is 81.7 Å². The summed E-state index contributed by atoms with van der Waals surface area (Å²) in [5.74, 6) is -1.29. The molecule has 2 rings (SSSR count). The predicted molar refractivity (Wildman–Crippen MR) is 79.7 cm³/mol. The lowest BCUT2D eigenvalue weighted by Crippen LogP contribution is -2.22. The number of anilines is 1. The molecule has 0 bridgehead atoms. The Hall–Kier alpha value is -2.37. The van der Waals surface area contributed by atoms with Crippen molar-refractivity contribution >= 4 is 23.5 Å². The molecule has 1 amide bonds. The summed E-state index contributed by atoms with van der Waals surface area (Å²) in [4.78, 5) is 35.7. The summed E-state index contributed by atoms with van der Waals surface area (Å²) in [6.07, 6.45) is 3.75. The summed E-state index contributed by atoms with van der Waals surface area (Å²) in [5.41, 5.74) is 0.741. The monoisotopic (exact) mass is 305 g/mol. The van der Waals surface area contributed by atoms with Crippen molar-refractivity contribution in [2.75, 3.05) is 19.5 Å². The van der Waals surface area contributed by atoms with Gasteiger partial charge in [0.25, 0.3) is 0 Å². The molecule has 0 aromatic heterocycles. The molecule has 1 aliphatic rings. The lowest BCUT2D eigenvalue weighted by molar-refractivity contribution is -0.119. The Bertz CT molecular complexity index is 590. The maximum atomic E-state index is 12.2. The molecule has 0 unspecified atom stereocenters. The van der Waals surface area contributed by atoms with Crippen molar-refractivity contribution in [2.45, 2.75) is 25.7 Å². The molecule has 1 aromatic rings. The van der Waals surface area contributed by atoms with E-state index in [1.54, 1.807) is 0 Å². The first-order chi connectivity index (χ1) is 10.6. The highest BCUT2D eigenvalue weighted by atomic mass is 16.5. The molecule has 22 heavy (non-hydrogen) atoms. The molecule has 1 N–H and O–H groups in total. The van der Waals surface area contributed by atoms with Crippen molar-refractivity contribution in [1.82, 2.24) is 0 Å². The van der Waals surface area contributed by atoms with Gasteiger partial charge in [-0.2, -0.15) is 0 Å². The average Bonchev–Trinajstić information content (AvgIpc) is 3.07. The summed E-state index contributed by atoms with van der Waals surface area (Å²) in [6, 6.07) is 4.34. The van der Waals surface area contributed by atoms with E-state index in [0.717, 1.165) is 25.7 Å². The van der Waals surface area contributed by atoms with Gasteiger partial charge in [0.05, 0.1) is 31.0 Å². The lowest BCUT2D eigenvalue weighted by Gasteiger charge is -2.14. The largest absolute Gasteiger partial charge is 0.465 e. The first kappa shape index (κ1) is 16.0. The Morgan fingerprint density at radius 2 is 1.68 bits per heavy atom. The molecule has 1 aromatic carbocycles. The number of rotatable bonds is 4. The summed E-state index contributed by atoms with van der Waals surface area (Å²) in [6.45, 7) is 0. The third-order valence-electron chi connectivity index (χ3n) is 3.83. The van der Waals surface area contributed by atoms with Crippen LogP contribution in [0.1, 0.15) is 46.4 Å². The van der Waals surface area contributed by atoms with Gasteiger partial charge in [0.1, 0.15) is 0 Å². The van der Waals surface area contributed by atoms with Crippen LogP contribution in [0.5, 0.6) is 0 Å². The van der Waals surface area contributed by atoms with Crippen molar-refractivity contribution in [3.8, 4) is 0 Å². The zero-order valence-corrected chi connectivity index (χ0v) is 12.7. The molecule has 0 spiro atoms. The Labute approximate surface area is 128 Å². The number of amides is 1. The van der Waals surface area contributed by atoms with E-state index in [4.69, 9.17) is 4.74 Å². The zero-order valence-electron chi connectivity index (χ0n) is 12.7. The Kier molecular flexibility index (Phi) is 5.14. The summed E-state index contributed by atoms with van der Waals surface area (Å²) >= 11 is 0. The van der Waals surface area contributed by atoms with Crippen LogP contribution in [0.2, 0.25) is 0 Å². The van der Waals surface area contributed by atoms with Gasteiger partial charge in [0.2, 0.25) is 5.91 Å². The maximum absolute atomic E-state index is 12.2. The van der Waals surface area contributed by atoms with Gasteiger partial charge in [-0.05, 0) is 31.0 Å². The molecule has 0 atom stereocenters. The maximum Gasteiger partial charge on any atom is 0.339 e. The van der Waals surface area contributed by atoms with Gasteiger partial charge < -0.3 is 14.8 Å². The number of nitrogens with one attached hydrogen (secondary N) is 1. The molecule has 0 aliphatic heterocycles. The van der Waals surface area contributed by atoms with E-state index in [1.165, 1.54) is 32.4 Å². The molecule has 1 fully saturated rings. The molecule has 6 heteroatoms. The molecule has 1 saturated carbocycles. The summed E-state index contributed by atoms with van der Waals surface area (Å²) in [7, 11) is 2.53. The minimum absolute atomic E-state index is 0.0488. The number of ether oxygens (including phenoxy) is 2. The fourth-order valence-corrected chi connectivity index (χ4v) is 2.60. The smallest absolute Gasteiger partial charge is 0.339 e. The first-order valence-corrected chi connectivity index (χ1v) is 7.18. The van der Waals surface area contributed by atoms with Crippen LogP contribution in [0.4, 0.5) is 5.69 Å². The minimum atomic E-state index is -0.571. The van der Waals surface area contributed by atoms with E-state index < -0.39 is 11.9 Å². The quantitative estimate of drug-likeness (QED) is 0.864. The summed E-state index contributed by atoms with van der Waals surface area (Å²) < 4.78 is 9.36. The van der Waals surface area contributed by atoms with Gasteiger partial charge in [0, 0.05) is 5.92 Å². The van der Waals surface area contributed by atoms with E-state index in [9.17, 15) is 14.4 Å². The van der Waals surface area contributed by atoms with Crippen LogP contribution in [0.3, 0.4) is 0 Å². The third-order valence-corrected chi connectivity index (χ3v) is 3.83. The van der Waals surface area contributed by atoms with Crippen LogP contribution in [0.25, 0.3) is 0 Å². The van der Waals surface area contributed by atoms with Crippen LogP contribution < -0.4 is 5.32 Å². The molecule has 6 nitrogen and oxygen atoms in total. The third kappa shape index (κ3) is 3.44. The first-order valence-electron chi connectivity index (χ1n) is 7.18. The van der Waals surface area contributed by atoms with Gasteiger partial charge in [-0.1, -0.05) is 12.8 Å². The normalized spacial score (nSPS) is 14.5. The van der Waals surface area contributed by atoms with Crippen LogP contribution in [0, 0.1) is 5.92 Å². The van der Waals surface area contributed by atoms with Gasteiger partial charge in [-0.3, -0.25) is 4.79 Å². The fraction of sp³-hybridized carbons (Fsp3) is 0.438. The van der Waals surface area contributed by atoms with E-state index in [2.05, 4.69) is 10.1 Å². The second-order valence-electron chi connectivity index (χ2n) is 5.21. The van der Waals surface area contributed by atoms with Crippen LogP contribution in [-0.4, -0.2) is 32.1 Å². The SMILES string of the molecule is COC(=O)c1ccc(C(=O)OC)c(NC(=O)C2CCCC2)c1. The number of hydrogen-bond donors (Lipinski definition) is 1. The lowest BCUT2D eigenvalue weighted by atomic mass is 10.1. The molecule has 1 aliphatic carbocycles. The molecular formula is C16H19NO5. The molecule has 0 saturated heterocycles. The number of esters is 2. The van der Waals surface area contributed by atoms with E-state index >= 15 is 0 Å². The molecule has 0 radical (unpaired) electrons. The van der Waals surface area contributed by atoms with Gasteiger partial charge in [0.15, 0.2) is 0 Å². The second-order valence-corrected chi connectivity index (χ2v) is 5.21. The highest BCUT2D eigenvalue weighted by Gasteiger charge is 2.24. The van der Waals surface area contributed by atoms with Gasteiger partial charge >= 0.3 is 11.9 Å². The Morgan fingerprint density at radius 3 is 2.27 bits per heavy atom. The summed E-state index contributed by atoms with van der Waals surface area (Å²) in [5, 5.41) is 2.74. The Balaban J connectivity index is 2.29. The number of benzene rings is 1. The molecular weight excluding hydrogens is 286 g/mol. The second kappa shape index (κ2) is 7.06. The van der Waals surface area contributed by atoms with Crippen LogP contribution in [-0.2, 0) is 14.3 Å².